The highest BCUT2D eigenvalue weighted by molar-refractivity contribution is 6.03. The van der Waals surface area contributed by atoms with Crippen LogP contribution in [0, 0.1) is 0 Å². The smallest absolute Gasteiger partial charge is 0.354 e. The van der Waals surface area contributed by atoms with Crippen LogP contribution in [0.2, 0.25) is 0 Å². The molecule has 8 heteroatoms. The molecule has 0 aliphatic carbocycles. The van der Waals surface area contributed by atoms with Crippen LogP contribution in [0.4, 0.5) is 0 Å². The van der Waals surface area contributed by atoms with Crippen molar-refractivity contribution in [1.82, 2.24) is 20.2 Å². The highest BCUT2D eigenvalue weighted by Crippen LogP contribution is 2.10. The Morgan fingerprint density at radius 3 is 2.89 bits per heavy atom. The summed E-state index contributed by atoms with van der Waals surface area (Å²) < 4.78 is 0. The van der Waals surface area contributed by atoms with Gasteiger partial charge < -0.3 is 20.3 Å². The van der Waals surface area contributed by atoms with Gasteiger partial charge in [0.15, 0.2) is 11.4 Å². The number of carboxylic acid groups (broad SMARTS) is 1. The molecule has 0 saturated carbocycles. The van der Waals surface area contributed by atoms with Gasteiger partial charge in [0.05, 0.1) is 6.33 Å². The van der Waals surface area contributed by atoms with Crippen LogP contribution in [-0.4, -0.2) is 57.4 Å². The molecular weight excluding hydrogens is 240 g/mol. The second-order valence-corrected chi connectivity index (χ2v) is 4.01. The van der Waals surface area contributed by atoms with E-state index < -0.39 is 17.9 Å². The van der Waals surface area contributed by atoms with E-state index in [-0.39, 0.29) is 17.3 Å². The Morgan fingerprint density at radius 1 is 1.61 bits per heavy atom. The van der Waals surface area contributed by atoms with E-state index in [0.29, 0.717) is 13.0 Å². The van der Waals surface area contributed by atoms with Crippen LogP contribution in [0.25, 0.3) is 0 Å². The van der Waals surface area contributed by atoms with Crippen molar-refractivity contribution in [1.29, 1.82) is 0 Å². The topological polar surface area (TPSA) is 115 Å². The molecule has 0 spiro atoms. The van der Waals surface area contributed by atoms with Crippen LogP contribution in [0.3, 0.4) is 0 Å². The summed E-state index contributed by atoms with van der Waals surface area (Å²) >= 11 is 0. The third-order valence-electron chi connectivity index (χ3n) is 2.80. The number of amides is 2. The zero-order valence-electron chi connectivity index (χ0n) is 9.64. The maximum atomic E-state index is 11.8. The highest BCUT2D eigenvalue weighted by Gasteiger charge is 2.31. The molecule has 1 aromatic heterocycles. The van der Waals surface area contributed by atoms with Gasteiger partial charge in [-0.2, -0.15) is 0 Å². The van der Waals surface area contributed by atoms with Crippen LogP contribution < -0.4 is 5.32 Å². The number of carbonyl (C=O) groups excluding carboxylic acids is 2. The Morgan fingerprint density at radius 2 is 2.33 bits per heavy atom. The van der Waals surface area contributed by atoms with E-state index in [1.54, 1.807) is 7.05 Å². The first-order valence-corrected chi connectivity index (χ1v) is 5.33. The molecule has 8 nitrogen and oxygen atoms in total. The van der Waals surface area contributed by atoms with E-state index in [9.17, 15) is 14.4 Å². The van der Waals surface area contributed by atoms with Crippen LogP contribution in [0.1, 0.15) is 27.4 Å². The molecule has 1 atom stereocenters. The van der Waals surface area contributed by atoms with Gasteiger partial charge in [-0.05, 0) is 6.42 Å². The van der Waals surface area contributed by atoms with Crippen molar-refractivity contribution in [3.8, 4) is 0 Å². The highest BCUT2D eigenvalue weighted by atomic mass is 16.4. The Labute approximate surface area is 102 Å². The van der Waals surface area contributed by atoms with E-state index in [2.05, 4.69) is 15.3 Å². The first kappa shape index (κ1) is 12.1. The van der Waals surface area contributed by atoms with Gasteiger partial charge in [-0.1, -0.05) is 0 Å². The minimum absolute atomic E-state index is 0.184. The van der Waals surface area contributed by atoms with Gasteiger partial charge in [-0.3, -0.25) is 9.59 Å². The normalized spacial score (nSPS) is 19.1. The fraction of sp³-hybridized carbons (Fsp3) is 0.400. The second-order valence-electron chi connectivity index (χ2n) is 4.01. The quantitative estimate of drug-likeness (QED) is 0.642. The molecule has 2 heterocycles. The number of aromatic amines is 1. The molecule has 96 valence electrons. The molecule has 1 unspecified atom stereocenters. The molecule has 0 radical (unpaired) electrons. The van der Waals surface area contributed by atoms with Crippen LogP contribution in [-0.2, 0) is 4.79 Å². The lowest BCUT2D eigenvalue weighted by Gasteiger charge is -2.11. The van der Waals surface area contributed by atoms with Crippen molar-refractivity contribution in [3.63, 3.8) is 0 Å². The average Bonchev–Trinajstić information content (AvgIpc) is 2.91. The maximum absolute atomic E-state index is 11.8. The number of likely N-dealkylation sites (tertiary alicyclic amines) is 1. The number of carboxylic acids is 1. The number of rotatable bonds is 3. The van der Waals surface area contributed by atoms with E-state index in [0.717, 1.165) is 6.33 Å². The number of nitrogens with one attached hydrogen (secondary N) is 2. The molecule has 1 aromatic rings. The number of H-pyrrole nitrogens is 1. The minimum atomic E-state index is -1.27. The van der Waals surface area contributed by atoms with Crippen molar-refractivity contribution < 1.29 is 19.5 Å². The summed E-state index contributed by atoms with van der Waals surface area (Å²) in [4.78, 5) is 41.7. The number of aromatic nitrogens is 2. The molecule has 3 N–H and O–H groups in total. The van der Waals surface area contributed by atoms with E-state index in [1.165, 1.54) is 4.90 Å². The molecular formula is C10H12N4O4. The van der Waals surface area contributed by atoms with Gasteiger partial charge in [0, 0.05) is 13.6 Å². The monoisotopic (exact) mass is 252 g/mol. The van der Waals surface area contributed by atoms with Crippen molar-refractivity contribution in [2.24, 2.45) is 0 Å². The van der Waals surface area contributed by atoms with E-state index >= 15 is 0 Å². The predicted octanol–water partition coefficient (Wildman–Crippen LogP) is -0.932. The summed E-state index contributed by atoms with van der Waals surface area (Å²) in [5.41, 5.74) is -0.504. The fourth-order valence-corrected chi connectivity index (χ4v) is 1.81. The zero-order chi connectivity index (χ0) is 13.3. The van der Waals surface area contributed by atoms with Gasteiger partial charge in [0.1, 0.15) is 6.04 Å². The lowest BCUT2D eigenvalue weighted by Crippen LogP contribution is -2.41. The molecule has 0 aromatic carbocycles. The summed E-state index contributed by atoms with van der Waals surface area (Å²) in [7, 11) is 1.64. The molecule has 1 saturated heterocycles. The van der Waals surface area contributed by atoms with Gasteiger partial charge in [-0.15, -0.1) is 0 Å². The third kappa shape index (κ3) is 2.04. The fourth-order valence-electron chi connectivity index (χ4n) is 1.81. The largest absolute Gasteiger partial charge is 0.477 e. The average molecular weight is 252 g/mol. The van der Waals surface area contributed by atoms with Crippen molar-refractivity contribution >= 4 is 17.8 Å². The number of aromatic carboxylic acids is 1. The standard InChI is InChI=1S/C10H12N4O4/c1-14-3-2-5(9(14)16)13-8(15)6-7(10(17)18)12-4-11-6/h4-5H,2-3H2,1H3,(H,11,12)(H,13,15)(H,17,18). The Hall–Kier alpha value is -2.38. The number of likely N-dealkylation sites (N-methyl/N-ethyl adjacent to an activating group) is 1. The maximum Gasteiger partial charge on any atom is 0.354 e. The van der Waals surface area contributed by atoms with Crippen LogP contribution in [0.5, 0.6) is 0 Å². The number of nitrogens with zero attached hydrogens (tertiary/aromatic N) is 2. The summed E-state index contributed by atoms with van der Waals surface area (Å²) in [5.74, 6) is -2.12. The van der Waals surface area contributed by atoms with Crippen molar-refractivity contribution in [2.45, 2.75) is 12.5 Å². The third-order valence-corrected chi connectivity index (χ3v) is 2.80. The Balaban J connectivity index is 2.11. The molecule has 2 amide bonds. The van der Waals surface area contributed by atoms with Gasteiger partial charge in [-0.25, -0.2) is 9.78 Å². The zero-order valence-corrected chi connectivity index (χ0v) is 9.64. The first-order valence-electron chi connectivity index (χ1n) is 5.33. The van der Waals surface area contributed by atoms with E-state index in [1.807, 2.05) is 0 Å². The molecule has 0 bridgehead atoms. The minimum Gasteiger partial charge on any atom is -0.477 e. The van der Waals surface area contributed by atoms with Gasteiger partial charge in [0.25, 0.3) is 5.91 Å². The SMILES string of the molecule is CN1CCC(NC(=O)c2nc[nH]c2C(=O)O)C1=O. The number of imidazole rings is 1. The first-order chi connectivity index (χ1) is 8.50. The van der Waals surface area contributed by atoms with Crippen molar-refractivity contribution in [3.05, 3.63) is 17.7 Å². The summed E-state index contributed by atoms with van der Waals surface area (Å²) in [6, 6.07) is -0.610. The summed E-state index contributed by atoms with van der Waals surface area (Å²) in [6.07, 6.45) is 1.63. The molecule has 18 heavy (non-hydrogen) atoms. The number of carbonyl (C=O) groups is 3. The molecule has 1 fully saturated rings. The lowest BCUT2D eigenvalue weighted by molar-refractivity contribution is -0.128. The molecule has 1 aliphatic rings. The van der Waals surface area contributed by atoms with E-state index in [4.69, 9.17) is 5.11 Å². The number of hydrogen-bond donors (Lipinski definition) is 3. The predicted molar refractivity (Wildman–Crippen MR) is 59.1 cm³/mol. The van der Waals surface area contributed by atoms with Gasteiger partial charge in [0.2, 0.25) is 5.91 Å². The van der Waals surface area contributed by atoms with Crippen LogP contribution in [0.15, 0.2) is 6.33 Å². The van der Waals surface area contributed by atoms with Gasteiger partial charge >= 0.3 is 5.97 Å². The summed E-state index contributed by atoms with van der Waals surface area (Å²) in [6.45, 7) is 0.566. The Bertz CT molecular complexity index is 510. The molecule has 2 rings (SSSR count). The van der Waals surface area contributed by atoms with Crippen LogP contribution >= 0.6 is 0 Å². The lowest BCUT2D eigenvalue weighted by atomic mass is 10.2. The summed E-state index contributed by atoms with van der Waals surface area (Å²) in [5, 5.41) is 11.3. The molecule has 1 aliphatic heterocycles. The Kier molecular flexibility index (Phi) is 3.00. The number of hydrogen-bond acceptors (Lipinski definition) is 4. The van der Waals surface area contributed by atoms with Crippen molar-refractivity contribution in [2.75, 3.05) is 13.6 Å². The second kappa shape index (κ2) is 4.47.